The first-order valence-electron chi connectivity index (χ1n) is 10.0. The molecule has 7 heteroatoms. The van der Waals surface area contributed by atoms with Gasteiger partial charge in [0.25, 0.3) is 0 Å². The van der Waals surface area contributed by atoms with Crippen molar-refractivity contribution in [1.82, 2.24) is 0 Å². The van der Waals surface area contributed by atoms with Gasteiger partial charge >= 0.3 is 5.97 Å². The van der Waals surface area contributed by atoms with E-state index in [0.29, 0.717) is 29.4 Å². The summed E-state index contributed by atoms with van der Waals surface area (Å²) in [6.45, 7) is 3.49. The molecular formula is C25H23N3O4. The van der Waals surface area contributed by atoms with Gasteiger partial charge in [0, 0.05) is 6.42 Å². The summed E-state index contributed by atoms with van der Waals surface area (Å²) in [5.41, 5.74) is 1.81. The van der Waals surface area contributed by atoms with E-state index in [-0.39, 0.29) is 0 Å². The molecule has 0 atom stereocenters. The van der Waals surface area contributed by atoms with E-state index in [9.17, 15) is 4.79 Å². The first-order valence-corrected chi connectivity index (χ1v) is 10.0. The smallest absolute Gasteiger partial charge is 0.347 e. The maximum atomic E-state index is 11.1. The summed E-state index contributed by atoms with van der Waals surface area (Å²) in [5.74, 6) is 0.119. The predicted molar refractivity (Wildman–Crippen MR) is 120 cm³/mol. The van der Waals surface area contributed by atoms with Gasteiger partial charge in [0.1, 0.15) is 11.5 Å². The summed E-state index contributed by atoms with van der Waals surface area (Å²) in [7, 11) is 0. The minimum absolute atomic E-state index is 0.468. The number of hydrogen-bond donors (Lipinski definition) is 1. The molecule has 0 aliphatic carbocycles. The molecule has 32 heavy (non-hydrogen) atoms. The van der Waals surface area contributed by atoms with E-state index >= 15 is 0 Å². The SMILES string of the molecule is CC(C)(Oc1ccc(OCCc2ccc(N=Nc3ccc(C#N)cc3)cc2)cc1)C(=O)O. The Bertz CT molecular complexity index is 1110. The molecule has 0 aromatic heterocycles. The Hall–Kier alpha value is -4.18. The Labute approximate surface area is 186 Å². The molecule has 0 spiro atoms. The largest absolute Gasteiger partial charge is 0.493 e. The number of azo groups is 1. The predicted octanol–water partition coefficient (Wildman–Crippen LogP) is 5.84. The monoisotopic (exact) mass is 429 g/mol. The number of rotatable bonds is 9. The Morgan fingerprint density at radius 3 is 1.97 bits per heavy atom. The molecule has 0 fully saturated rings. The average molecular weight is 429 g/mol. The summed E-state index contributed by atoms with van der Waals surface area (Å²) in [5, 5.41) is 26.3. The summed E-state index contributed by atoms with van der Waals surface area (Å²) in [6.07, 6.45) is 0.720. The number of carboxylic acids is 1. The van der Waals surface area contributed by atoms with Crippen LogP contribution >= 0.6 is 0 Å². The van der Waals surface area contributed by atoms with Crippen LogP contribution in [-0.2, 0) is 11.2 Å². The Balaban J connectivity index is 1.47. The van der Waals surface area contributed by atoms with Gasteiger partial charge in [-0.15, -0.1) is 0 Å². The van der Waals surface area contributed by atoms with Crippen molar-refractivity contribution in [3.8, 4) is 17.6 Å². The quantitative estimate of drug-likeness (QED) is 0.430. The van der Waals surface area contributed by atoms with Crippen LogP contribution in [0.5, 0.6) is 11.5 Å². The van der Waals surface area contributed by atoms with Crippen LogP contribution in [0, 0.1) is 11.3 Å². The van der Waals surface area contributed by atoms with Crippen molar-refractivity contribution in [2.75, 3.05) is 6.61 Å². The standard InChI is InChI=1S/C25H23N3O4/c1-25(2,24(29)30)32-23-13-11-22(12-14-23)31-16-15-18-3-7-20(8-4-18)27-28-21-9-5-19(17-26)6-10-21/h3-14H,15-16H2,1-2H3,(H,29,30). The van der Waals surface area contributed by atoms with Crippen molar-refractivity contribution in [2.45, 2.75) is 25.9 Å². The first-order chi connectivity index (χ1) is 15.4. The van der Waals surface area contributed by atoms with Crippen LogP contribution in [0.25, 0.3) is 0 Å². The Morgan fingerprint density at radius 1 is 0.906 bits per heavy atom. The Kier molecular flexibility index (Phi) is 7.19. The number of nitriles is 1. The van der Waals surface area contributed by atoms with Crippen molar-refractivity contribution in [1.29, 1.82) is 5.26 Å². The highest BCUT2D eigenvalue weighted by atomic mass is 16.5. The fraction of sp³-hybridized carbons (Fsp3) is 0.200. The van der Waals surface area contributed by atoms with E-state index in [0.717, 1.165) is 17.7 Å². The molecule has 1 N–H and O–H groups in total. The number of hydrogen-bond acceptors (Lipinski definition) is 6. The van der Waals surface area contributed by atoms with Crippen molar-refractivity contribution in [3.05, 3.63) is 83.9 Å². The van der Waals surface area contributed by atoms with E-state index in [1.54, 1.807) is 48.5 Å². The number of benzene rings is 3. The molecular weight excluding hydrogens is 406 g/mol. The van der Waals surface area contributed by atoms with Crippen LogP contribution < -0.4 is 9.47 Å². The van der Waals surface area contributed by atoms with Gasteiger partial charge in [-0.05, 0) is 80.1 Å². The molecule has 162 valence electrons. The van der Waals surface area contributed by atoms with Crippen molar-refractivity contribution in [3.63, 3.8) is 0 Å². The first kappa shape index (κ1) is 22.5. The maximum Gasteiger partial charge on any atom is 0.347 e. The zero-order chi connectivity index (χ0) is 23.0. The molecule has 3 rings (SSSR count). The molecule has 3 aromatic rings. The van der Waals surface area contributed by atoms with Gasteiger partial charge in [-0.1, -0.05) is 12.1 Å². The lowest BCUT2D eigenvalue weighted by Gasteiger charge is -2.21. The summed E-state index contributed by atoms with van der Waals surface area (Å²) >= 11 is 0. The van der Waals surface area contributed by atoms with E-state index < -0.39 is 11.6 Å². The van der Waals surface area contributed by atoms with Crippen LogP contribution in [0.15, 0.2) is 83.0 Å². The fourth-order valence-electron chi connectivity index (χ4n) is 2.68. The molecule has 0 saturated heterocycles. The number of ether oxygens (including phenoxy) is 2. The highest BCUT2D eigenvalue weighted by molar-refractivity contribution is 5.76. The highest BCUT2D eigenvalue weighted by Gasteiger charge is 2.29. The van der Waals surface area contributed by atoms with E-state index in [1.807, 2.05) is 24.3 Å². The number of aliphatic carboxylic acids is 1. The van der Waals surface area contributed by atoms with Crippen LogP contribution in [-0.4, -0.2) is 23.3 Å². The van der Waals surface area contributed by atoms with Gasteiger partial charge in [0.05, 0.1) is 29.6 Å². The van der Waals surface area contributed by atoms with Gasteiger partial charge < -0.3 is 14.6 Å². The summed E-state index contributed by atoms with van der Waals surface area (Å²) in [6, 6.07) is 23.6. The van der Waals surface area contributed by atoms with Crippen LogP contribution in [0.3, 0.4) is 0 Å². The summed E-state index contributed by atoms with van der Waals surface area (Å²) < 4.78 is 11.2. The number of carboxylic acid groups (broad SMARTS) is 1. The third-order valence-electron chi connectivity index (χ3n) is 4.58. The van der Waals surface area contributed by atoms with Crippen molar-refractivity contribution in [2.24, 2.45) is 10.2 Å². The second-order valence-corrected chi connectivity index (χ2v) is 7.51. The minimum atomic E-state index is -1.30. The topological polar surface area (TPSA) is 104 Å². The third kappa shape index (κ3) is 6.41. The Morgan fingerprint density at radius 2 is 1.44 bits per heavy atom. The van der Waals surface area contributed by atoms with Gasteiger partial charge in [-0.25, -0.2) is 4.79 Å². The number of nitrogens with zero attached hydrogens (tertiary/aromatic N) is 3. The van der Waals surface area contributed by atoms with Crippen LogP contribution in [0.1, 0.15) is 25.0 Å². The van der Waals surface area contributed by atoms with E-state index in [2.05, 4.69) is 16.3 Å². The normalized spacial score (nSPS) is 11.2. The third-order valence-corrected chi connectivity index (χ3v) is 4.58. The minimum Gasteiger partial charge on any atom is -0.493 e. The lowest BCUT2D eigenvalue weighted by molar-refractivity contribution is -0.152. The maximum absolute atomic E-state index is 11.1. The zero-order valence-electron chi connectivity index (χ0n) is 17.9. The molecule has 0 aliphatic rings. The molecule has 0 radical (unpaired) electrons. The van der Waals surface area contributed by atoms with Gasteiger partial charge in [-0.2, -0.15) is 15.5 Å². The van der Waals surface area contributed by atoms with Crippen LogP contribution in [0.4, 0.5) is 11.4 Å². The molecule has 0 bridgehead atoms. The lowest BCUT2D eigenvalue weighted by Crippen LogP contribution is -2.37. The molecule has 0 saturated carbocycles. The highest BCUT2D eigenvalue weighted by Crippen LogP contribution is 2.23. The van der Waals surface area contributed by atoms with Gasteiger partial charge in [0.15, 0.2) is 5.60 Å². The summed E-state index contributed by atoms with van der Waals surface area (Å²) in [4.78, 5) is 11.1. The molecule has 0 aliphatic heterocycles. The molecule has 7 nitrogen and oxygen atoms in total. The van der Waals surface area contributed by atoms with Crippen molar-refractivity contribution >= 4 is 17.3 Å². The number of carbonyl (C=O) groups is 1. The molecule has 3 aromatic carbocycles. The fourth-order valence-corrected chi connectivity index (χ4v) is 2.68. The molecule has 0 amide bonds. The van der Waals surface area contributed by atoms with E-state index in [1.165, 1.54) is 13.8 Å². The molecule has 0 heterocycles. The lowest BCUT2D eigenvalue weighted by atomic mass is 10.1. The zero-order valence-corrected chi connectivity index (χ0v) is 17.9. The average Bonchev–Trinajstić information content (AvgIpc) is 2.80. The second-order valence-electron chi connectivity index (χ2n) is 7.51. The van der Waals surface area contributed by atoms with Crippen LogP contribution in [0.2, 0.25) is 0 Å². The van der Waals surface area contributed by atoms with E-state index in [4.69, 9.17) is 19.8 Å². The van der Waals surface area contributed by atoms with Gasteiger partial charge in [-0.3, -0.25) is 0 Å². The molecule has 0 unspecified atom stereocenters. The van der Waals surface area contributed by atoms with Gasteiger partial charge in [0.2, 0.25) is 0 Å². The second kappa shape index (κ2) is 10.2. The van der Waals surface area contributed by atoms with Crippen molar-refractivity contribution < 1.29 is 19.4 Å².